The number of nitrogens with one attached hydrogen (secondary N) is 1. The Morgan fingerprint density at radius 2 is 2.28 bits per heavy atom. The molecule has 96 valence electrons. The predicted octanol–water partition coefficient (Wildman–Crippen LogP) is 2.11. The molecule has 1 aliphatic heterocycles. The fourth-order valence-electron chi connectivity index (χ4n) is 2.47. The van der Waals surface area contributed by atoms with Gasteiger partial charge in [-0.25, -0.2) is 4.98 Å². The second kappa shape index (κ2) is 4.57. The molecule has 3 rings (SSSR count). The van der Waals surface area contributed by atoms with Gasteiger partial charge in [-0.05, 0) is 18.4 Å². The Labute approximate surface area is 106 Å². The maximum Gasteiger partial charge on any atom is 0.215 e. The van der Waals surface area contributed by atoms with Crippen molar-refractivity contribution < 1.29 is 9.47 Å². The third-order valence-electron chi connectivity index (χ3n) is 3.54. The summed E-state index contributed by atoms with van der Waals surface area (Å²) in [5.74, 6) is 2.53. The number of ether oxygens (including phenoxy) is 2. The van der Waals surface area contributed by atoms with E-state index in [1.807, 2.05) is 12.1 Å². The number of hydrogen-bond donors (Lipinski definition) is 1. The van der Waals surface area contributed by atoms with E-state index in [1.165, 1.54) is 0 Å². The highest BCUT2D eigenvalue weighted by molar-refractivity contribution is 5.71. The van der Waals surface area contributed by atoms with Gasteiger partial charge in [0.2, 0.25) is 5.88 Å². The van der Waals surface area contributed by atoms with Crippen LogP contribution in [0.4, 0.5) is 0 Å². The fourth-order valence-corrected chi connectivity index (χ4v) is 2.47. The van der Waals surface area contributed by atoms with Crippen molar-refractivity contribution in [2.45, 2.75) is 19.3 Å². The molecule has 2 aromatic heterocycles. The van der Waals surface area contributed by atoms with Gasteiger partial charge in [0.15, 0.2) is 5.65 Å². The largest absolute Gasteiger partial charge is 0.481 e. The summed E-state index contributed by atoms with van der Waals surface area (Å²) < 4.78 is 10.6. The van der Waals surface area contributed by atoms with Crippen LogP contribution >= 0.6 is 0 Å². The number of aromatic amines is 1. The summed E-state index contributed by atoms with van der Waals surface area (Å²) in [7, 11) is 1.61. The van der Waals surface area contributed by atoms with Gasteiger partial charge in [0, 0.05) is 25.2 Å². The second-order valence-corrected chi connectivity index (χ2v) is 4.79. The van der Waals surface area contributed by atoms with Gasteiger partial charge in [-0.1, -0.05) is 6.92 Å². The molecule has 0 radical (unpaired) electrons. The molecule has 2 atom stereocenters. The first kappa shape index (κ1) is 11.5. The van der Waals surface area contributed by atoms with E-state index in [2.05, 4.69) is 21.9 Å². The average Bonchev–Trinajstić information content (AvgIpc) is 2.81. The first-order valence-electron chi connectivity index (χ1n) is 6.26. The first-order chi connectivity index (χ1) is 8.78. The lowest BCUT2D eigenvalue weighted by Gasteiger charge is -2.26. The summed E-state index contributed by atoms with van der Waals surface area (Å²) in [6, 6.07) is 3.80. The summed E-state index contributed by atoms with van der Waals surface area (Å²) in [5.41, 5.74) is 1.69. The SMILES string of the molecule is COc1ccc2[nH]c(C3CCOCC3C)nc2n1. The van der Waals surface area contributed by atoms with Gasteiger partial charge in [0.25, 0.3) is 0 Å². The molecule has 0 amide bonds. The summed E-state index contributed by atoms with van der Waals surface area (Å²) in [5, 5.41) is 0. The van der Waals surface area contributed by atoms with Crippen molar-refractivity contribution in [2.24, 2.45) is 5.92 Å². The summed E-state index contributed by atoms with van der Waals surface area (Å²) in [6.07, 6.45) is 1.01. The predicted molar refractivity (Wildman–Crippen MR) is 67.8 cm³/mol. The quantitative estimate of drug-likeness (QED) is 0.883. The molecule has 0 aromatic carbocycles. The number of fused-ring (bicyclic) bond motifs is 1. The Hall–Kier alpha value is -1.62. The highest BCUT2D eigenvalue weighted by atomic mass is 16.5. The third kappa shape index (κ3) is 1.95. The van der Waals surface area contributed by atoms with Crippen molar-refractivity contribution >= 4 is 11.2 Å². The maximum absolute atomic E-state index is 5.47. The summed E-state index contributed by atoms with van der Waals surface area (Å²) >= 11 is 0. The van der Waals surface area contributed by atoms with Crippen molar-refractivity contribution in [1.82, 2.24) is 15.0 Å². The smallest absolute Gasteiger partial charge is 0.215 e. The number of pyridine rings is 1. The zero-order chi connectivity index (χ0) is 12.5. The van der Waals surface area contributed by atoms with Crippen LogP contribution in [0.1, 0.15) is 25.1 Å². The van der Waals surface area contributed by atoms with Crippen molar-refractivity contribution in [3.63, 3.8) is 0 Å². The molecule has 0 aliphatic carbocycles. The molecule has 1 N–H and O–H groups in total. The molecular weight excluding hydrogens is 230 g/mol. The molecule has 1 fully saturated rings. The van der Waals surface area contributed by atoms with Crippen LogP contribution in [0.25, 0.3) is 11.2 Å². The molecule has 2 aromatic rings. The molecule has 1 saturated heterocycles. The van der Waals surface area contributed by atoms with Crippen LogP contribution in [0.15, 0.2) is 12.1 Å². The van der Waals surface area contributed by atoms with E-state index in [0.717, 1.165) is 36.6 Å². The van der Waals surface area contributed by atoms with E-state index >= 15 is 0 Å². The molecule has 5 heteroatoms. The van der Waals surface area contributed by atoms with Crippen molar-refractivity contribution in [3.8, 4) is 5.88 Å². The van der Waals surface area contributed by atoms with Crippen molar-refractivity contribution in [1.29, 1.82) is 0 Å². The third-order valence-corrected chi connectivity index (χ3v) is 3.54. The number of imidazole rings is 1. The molecule has 0 spiro atoms. The van der Waals surface area contributed by atoms with Gasteiger partial charge in [0.05, 0.1) is 12.6 Å². The molecule has 0 bridgehead atoms. The summed E-state index contributed by atoms with van der Waals surface area (Å²) in [6.45, 7) is 3.81. The normalized spacial score (nSPS) is 24.3. The van der Waals surface area contributed by atoms with Gasteiger partial charge in [-0.2, -0.15) is 4.98 Å². The van der Waals surface area contributed by atoms with E-state index in [9.17, 15) is 0 Å². The van der Waals surface area contributed by atoms with Gasteiger partial charge in [-0.3, -0.25) is 0 Å². The lowest BCUT2D eigenvalue weighted by molar-refractivity contribution is 0.0455. The van der Waals surface area contributed by atoms with Crippen LogP contribution in [0.3, 0.4) is 0 Å². The van der Waals surface area contributed by atoms with Crippen LogP contribution < -0.4 is 4.74 Å². The number of aromatic nitrogens is 3. The maximum atomic E-state index is 5.47. The first-order valence-corrected chi connectivity index (χ1v) is 6.26. The van der Waals surface area contributed by atoms with Gasteiger partial charge in [0.1, 0.15) is 5.82 Å². The minimum Gasteiger partial charge on any atom is -0.481 e. The van der Waals surface area contributed by atoms with Crippen LogP contribution in [0.5, 0.6) is 5.88 Å². The van der Waals surface area contributed by atoms with Crippen molar-refractivity contribution in [2.75, 3.05) is 20.3 Å². The second-order valence-electron chi connectivity index (χ2n) is 4.79. The minimum absolute atomic E-state index is 0.430. The van der Waals surface area contributed by atoms with Gasteiger partial charge >= 0.3 is 0 Å². The standard InChI is InChI=1S/C13H17N3O2/c1-8-7-18-6-5-9(8)12-14-10-3-4-11(17-2)15-13(10)16-12/h3-4,8-9H,5-7H2,1-2H3,(H,14,15,16). The van der Waals surface area contributed by atoms with Crippen LogP contribution in [0.2, 0.25) is 0 Å². The van der Waals surface area contributed by atoms with Gasteiger partial charge in [-0.15, -0.1) is 0 Å². The molecule has 18 heavy (non-hydrogen) atoms. The number of nitrogens with zero attached hydrogens (tertiary/aromatic N) is 2. The molecule has 0 saturated carbocycles. The minimum atomic E-state index is 0.430. The average molecular weight is 247 g/mol. The lowest BCUT2D eigenvalue weighted by atomic mass is 9.89. The number of H-pyrrole nitrogens is 1. The van der Waals surface area contributed by atoms with E-state index in [-0.39, 0.29) is 0 Å². The van der Waals surface area contributed by atoms with E-state index in [1.54, 1.807) is 7.11 Å². The van der Waals surface area contributed by atoms with E-state index in [0.29, 0.717) is 17.7 Å². The number of methoxy groups -OCH3 is 1. The highest BCUT2D eigenvalue weighted by Crippen LogP contribution is 2.31. The van der Waals surface area contributed by atoms with Gasteiger partial charge < -0.3 is 14.5 Å². The number of rotatable bonds is 2. The number of hydrogen-bond acceptors (Lipinski definition) is 4. The molecule has 3 heterocycles. The zero-order valence-corrected chi connectivity index (χ0v) is 10.6. The van der Waals surface area contributed by atoms with Crippen LogP contribution in [-0.4, -0.2) is 35.3 Å². The van der Waals surface area contributed by atoms with E-state index in [4.69, 9.17) is 9.47 Å². The monoisotopic (exact) mass is 247 g/mol. The van der Waals surface area contributed by atoms with E-state index < -0.39 is 0 Å². The topological polar surface area (TPSA) is 60.0 Å². The van der Waals surface area contributed by atoms with Crippen molar-refractivity contribution in [3.05, 3.63) is 18.0 Å². The lowest BCUT2D eigenvalue weighted by Crippen LogP contribution is -2.24. The Morgan fingerprint density at radius 1 is 1.39 bits per heavy atom. The Morgan fingerprint density at radius 3 is 3.06 bits per heavy atom. The molecule has 2 unspecified atom stereocenters. The Balaban J connectivity index is 1.97. The Kier molecular flexibility index (Phi) is 2.91. The highest BCUT2D eigenvalue weighted by Gasteiger charge is 2.26. The fraction of sp³-hybridized carbons (Fsp3) is 0.538. The summed E-state index contributed by atoms with van der Waals surface area (Å²) in [4.78, 5) is 12.3. The Bertz CT molecular complexity index is 552. The van der Waals surface area contributed by atoms with Crippen LogP contribution in [-0.2, 0) is 4.74 Å². The molecular formula is C13H17N3O2. The zero-order valence-electron chi connectivity index (χ0n) is 10.6. The molecule has 5 nitrogen and oxygen atoms in total. The molecule has 1 aliphatic rings. The van der Waals surface area contributed by atoms with Crippen LogP contribution in [0, 0.1) is 5.92 Å².